The molecule has 2 bridgehead atoms. The number of hydrogen-bond donors (Lipinski definition) is 1. The molecule has 0 spiro atoms. The van der Waals surface area contributed by atoms with Gasteiger partial charge in [-0.3, -0.25) is 0 Å². The molecule has 0 aliphatic heterocycles. The third-order valence-corrected chi connectivity index (χ3v) is 4.86. The van der Waals surface area contributed by atoms with Crippen LogP contribution in [0, 0.1) is 16.7 Å². The van der Waals surface area contributed by atoms with Gasteiger partial charge in [0.1, 0.15) is 0 Å². The predicted molar refractivity (Wildman–Crippen MR) is 54.5 cm³/mol. The number of halogens is 1. The molecule has 72 valence electrons. The number of fused-ring (bicyclic) bond motifs is 2. The fraction of sp³-hybridized carbons (Fsp3) is 1.00. The highest BCUT2D eigenvalue weighted by Crippen LogP contribution is 2.64. The van der Waals surface area contributed by atoms with E-state index >= 15 is 0 Å². The Labute approximate surface area is 81.5 Å². The molecule has 2 aliphatic rings. The third-order valence-electron chi connectivity index (χ3n) is 4.86. The minimum atomic E-state index is 0. The number of hydrogen-bond acceptors (Lipinski definition) is 1. The van der Waals surface area contributed by atoms with Gasteiger partial charge in [-0.05, 0) is 36.0 Å². The lowest BCUT2D eigenvalue weighted by Gasteiger charge is -2.37. The first-order valence-electron chi connectivity index (χ1n) is 4.74. The Morgan fingerprint density at radius 1 is 1.25 bits per heavy atom. The molecule has 0 aromatic carbocycles. The summed E-state index contributed by atoms with van der Waals surface area (Å²) in [6.07, 6.45) is 4.03. The smallest absolute Gasteiger partial charge is 0.0101 e. The van der Waals surface area contributed by atoms with E-state index in [4.69, 9.17) is 5.73 Å². The zero-order chi connectivity index (χ0) is 8.28. The largest absolute Gasteiger partial charge is 0.327 e. The minimum Gasteiger partial charge on any atom is -0.327 e. The van der Waals surface area contributed by atoms with Crippen molar-refractivity contribution in [2.24, 2.45) is 22.5 Å². The Bertz CT molecular complexity index is 190. The van der Waals surface area contributed by atoms with Gasteiger partial charge in [-0.15, -0.1) is 12.4 Å². The molecule has 2 fully saturated rings. The summed E-state index contributed by atoms with van der Waals surface area (Å²) in [5, 5.41) is 0. The molecule has 12 heavy (non-hydrogen) atoms. The van der Waals surface area contributed by atoms with Crippen molar-refractivity contribution in [3.05, 3.63) is 0 Å². The quantitative estimate of drug-likeness (QED) is 0.623. The molecule has 0 saturated heterocycles. The zero-order valence-electron chi connectivity index (χ0n) is 8.26. The Morgan fingerprint density at radius 3 is 2.00 bits per heavy atom. The standard InChI is InChI=1S/C10H19N.ClH/c1-9(2)7-4-5-10(9,3)8(11)6-7;/h7-8H,4-6,11H2,1-3H3;1H/t7?,8?,10-;/m0./s1. The summed E-state index contributed by atoms with van der Waals surface area (Å²) in [5.74, 6) is 0.905. The molecule has 2 rings (SSSR count). The van der Waals surface area contributed by atoms with Crippen molar-refractivity contribution in [2.75, 3.05) is 0 Å². The van der Waals surface area contributed by atoms with E-state index in [1.165, 1.54) is 19.3 Å². The lowest BCUT2D eigenvalue weighted by molar-refractivity contribution is 0.136. The van der Waals surface area contributed by atoms with Gasteiger partial charge in [0.05, 0.1) is 0 Å². The summed E-state index contributed by atoms with van der Waals surface area (Å²) < 4.78 is 0. The van der Waals surface area contributed by atoms with Crippen LogP contribution in [0.2, 0.25) is 0 Å². The molecule has 2 aliphatic carbocycles. The monoisotopic (exact) mass is 189 g/mol. The first-order valence-corrected chi connectivity index (χ1v) is 4.74. The van der Waals surface area contributed by atoms with Crippen molar-refractivity contribution in [1.29, 1.82) is 0 Å². The normalized spacial score (nSPS) is 49.0. The summed E-state index contributed by atoms with van der Waals surface area (Å²) in [5.41, 5.74) is 7.08. The lowest BCUT2D eigenvalue weighted by atomic mass is 9.69. The average molecular weight is 190 g/mol. The van der Waals surface area contributed by atoms with E-state index in [2.05, 4.69) is 20.8 Å². The molecule has 0 amide bonds. The average Bonchev–Trinajstić information content (AvgIpc) is 2.20. The summed E-state index contributed by atoms with van der Waals surface area (Å²) in [6.45, 7) is 7.18. The Kier molecular flexibility index (Phi) is 2.25. The van der Waals surface area contributed by atoms with Gasteiger partial charge in [0, 0.05) is 6.04 Å². The van der Waals surface area contributed by atoms with Crippen molar-refractivity contribution in [3.63, 3.8) is 0 Å². The molecule has 0 aromatic heterocycles. The molecule has 2 saturated carbocycles. The van der Waals surface area contributed by atoms with E-state index in [1.807, 2.05) is 0 Å². The van der Waals surface area contributed by atoms with Gasteiger partial charge in [0.25, 0.3) is 0 Å². The van der Waals surface area contributed by atoms with Crippen LogP contribution < -0.4 is 5.73 Å². The van der Waals surface area contributed by atoms with Crippen LogP contribution in [0.1, 0.15) is 40.0 Å². The molecular weight excluding hydrogens is 170 g/mol. The molecule has 0 heterocycles. The van der Waals surface area contributed by atoms with Crippen LogP contribution in [-0.4, -0.2) is 6.04 Å². The van der Waals surface area contributed by atoms with Crippen LogP contribution in [0.4, 0.5) is 0 Å². The molecule has 2 N–H and O–H groups in total. The highest BCUT2D eigenvalue weighted by Gasteiger charge is 2.59. The number of nitrogens with two attached hydrogens (primary N) is 1. The van der Waals surface area contributed by atoms with Gasteiger partial charge >= 0.3 is 0 Å². The van der Waals surface area contributed by atoms with Gasteiger partial charge in [-0.1, -0.05) is 20.8 Å². The van der Waals surface area contributed by atoms with Crippen LogP contribution >= 0.6 is 12.4 Å². The van der Waals surface area contributed by atoms with Crippen LogP contribution in [-0.2, 0) is 0 Å². The van der Waals surface area contributed by atoms with Gasteiger partial charge in [-0.2, -0.15) is 0 Å². The van der Waals surface area contributed by atoms with E-state index < -0.39 is 0 Å². The lowest BCUT2D eigenvalue weighted by Crippen LogP contribution is -2.40. The second-order valence-electron chi connectivity index (χ2n) is 5.22. The first kappa shape index (κ1) is 10.3. The molecule has 0 aromatic rings. The summed E-state index contributed by atoms with van der Waals surface area (Å²) in [7, 11) is 0. The Morgan fingerprint density at radius 2 is 1.83 bits per heavy atom. The second-order valence-corrected chi connectivity index (χ2v) is 5.22. The van der Waals surface area contributed by atoms with Crippen molar-refractivity contribution >= 4 is 12.4 Å². The van der Waals surface area contributed by atoms with Gasteiger partial charge in [-0.25, -0.2) is 0 Å². The first-order chi connectivity index (χ1) is 4.98. The van der Waals surface area contributed by atoms with Crippen LogP contribution in [0.15, 0.2) is 0 Å². The SMILES string of the molecule is CC1(C)C2CC[C@@]1(C)C(N)C2.Cl. The topological polar surface area (TPSA) is 26.0 Å². The van der Waals surface area contributed by atoms with Crippen LogP contribution in [0.3, 0.4) is 0 Å². The fourth-order valence-corrected chi connectivity index (χ4v) is 3.27. The third kappa shape index (κ3) is 0.898. The Hall–Kier alpha value is 0.250. The van der Waals surface area contributed by atoms with Gasteiger partial charge in [0.15, 0.2) is 0 Å². The second kappa shape index (κ2) is 2.62. The van der Waals surface area contributed by atoms with E-state index in [0.717, 1.165) is 5.92 Å². The van der Waals surface area contributed by atoms with E-state index in [-0.39, 0.29) is 12.4 Å². The minimum absolute atomic E-state index is 0. The fourth-order valence-electron chi connectivity index (χ4n) is 3.27. The maximum Gasteiger partial charge on any atom is 0.0101 e. The van der Waals surface area contributed by atoms with Crippen molar-refractivity contribution in [3.8, 4) is 0 Å². The van der Waals surface area contributed by atoms with Crippen molar-refractivity contribution < 1.29 is 0 Å². The predicted octanol–water partition coefficient (Wildman–Crippen LogP) is 2.58. The summed E-state index contributed by atoms with van der Waals surface area (Å²) in [6, 6.07) is 0.469. The molecule has 2 unspecified atom stereocenters. The molecule has 2 heteroatoms. The highest BCUT2D eigenvalue weighted by molar-refractivity contribution is 5.85. The molecule has 3 atom stereocenters. The van der Waals surface area contributed by atoms with Crippen molar-refractivity contribution in [2.45, 2.75) is 46.1 Å². The van der Waals surface area contributed by atoms with E-state index in [9.17, 15) is 0 Å². The van der Waals surface area contributed by atoms with Gasteiger partial charge in [0.2, 0.25) is 0 Å². The van der Waals surface area contributed by atoms with Crippen molar-refractivity contribution in [1.82, 2.24) is 0 Å². The molecular formula is C10H20ClN. The molecule has 1 nitrogen and oxygen atoms in total. The maximum atomic E-state index is 6.13. The molecule has 0 radical (unpaired) electrons. The van der Waals surface area contributed by atoms with E-state index in [0.29, 0.717) is 16.9 Å². The van der Waals surface area contributed by atoms with Crippen LogP contribution in [0.5, 0.6) is 0 Å². The summed E-state index contributed by atoms with van der Waals surface area (Å²) >= 11 is 0. The zero-order valence-corrected chi connectivity index (χ0v) is 9.08. The highest BCUT2D eigenvalue weighted by atomic mass is 35.5. The van der Waals surface area contributed by atoms with Gasteiger partial charge < -0.3 is 5.73 Å². The van der Waals surface area contributed by atoms with E-state index in [1.54, 1.807) is 0 Å². The number of rotatable bonds is 0. The van der Waals surface area contributed by atoms with Crippen LogP contribution in [0.25, 0.3) is 0 Å². The summed E-state index contributed by atoms with van der Waals surface area (Å²) in [4.78, 5) is 0. The maximum absolute atomic E-state index is 6.13. The Balaban J connectivity index is 0.000000720.